The molecular formula is C32H38F2N8OS2. The molecule has 4 aromatic rings. The fourth-order valence-corrected chi connectivity index (χ4v) is 8.41. The van der Waals surface area contributed by atoms with E-state index in [-0.39, 0.29) is 18.4 Å². The number of piperazine rings is 1. The molecule has 0 radical (unpaired) electrons. The first-order chi connectivity index (χ1) is 21.9. The number of alkyl halides is 1. The average Bonchev–Trinajstić information content (AvgIpc) is 3.76. The molecule has 0 unspecified atom stereocenters. The molecule has 2 aliphatic rings. The Kier molecular flexibility index (Phi) is 9.75. The number of nitriles is 1. The van der Waals surface area contributed by atoms with Crippen molar-refractivity contribution in [2.75, 3.05) is 70.5 Å². The average molecular weight is 653 g/mol. The van der Waals surface area contributed by atoms with Gasteiger partial charge in [0, 0.05) is 55.9 Å². The zero-order valence-corrected chi connectivity index (χ0v) is 27.3. The van der Waals surface area contributed by atoms with Gasteiger partial charge in [-0.3, -0.25) is 19.0 Å². The number of halogens is 2. The molecule has 0 saturated carbocycles. The summed E-state index contributed by atoms with van der Waals surface area (Å²) in [4.78, 5) is 33.9. The number of amides is 1. The molecule has 5 heterocycles. The number of anilines is 2. The highest BCUT2D eigenvalue weighted by Crippen LogP contribution is 2.40. The maximum Gasteiger partial charge on any atom is 0.236 e. The number of nitrogens with zero attached hydrogens (tertiary/aromatic N) is 8. The predicted octanol–water partition coefficient (Wildman–Crippen LogP) is 5.54. The molecule has 2 saturated heterocycles. The SMILES string of the molecule is CCc1nc2sc(C3CCN(CC(=O)N4CCN(CCF)CC4)CC3)cn2c1N(CC)c1nc(-c2ccc(F)cc2)c(C#N)s1. The number of aryl methyl sites for hydroxylation is 1. The van der Waals surface area contributed by atoms with E-state index in [1.807, 2.05) is 4.90 Å². The molecule has 0 bridgehead atoms. The summed E-state index contributed by atoms with van der Waals surface area (Å²) in [5.74, 6) is 1.21. The van der Waals surface area contributed by atoms with E-state index in [0.29, 0.717) is 59.9 Å². The molecule has 45 heavy (non-hydrogen) atoms. The Hall–Kier alpha value is -3.44. The van der Waals surface area contributed by atoms with Gasteiger partial charge in [-0.25, -0.2) is 18.7 Å². The van der Waals surface area contributed by atoms with Gasteiger partial charge in [0.15, 0.2) is 10.1 Å². The first kappa shape index (κ1) is 31.5. The van der Waals surface area contributed by atoms with Gasteiger partial charge in [0.05, 0.1) is 12.2 Å². The van der Waals surface area contributed by atoms with Crippen molar-refractivity contribution in [2.45, 2.75) is 39.0 Å². The summed E-state index contributed by atoms with van der Waals surface area (Å²) in [6, 6.07) is 8.36. The normalized spacial score (nSPS) is 16.8. The van der Waals surface area contributed by atoms with Crippen LogP contribution in [0.4, 0.5) is 19.7 Å². The number of hydrogen-bond donors (Lipinski definition) is 0. The number of fused-ring (bicyclic) bond motifs is 1. The van der Waals surface area contributed by atoms with E-state index in [9.17, 15) is 18.8 Å². The summed E-state index contributed by atoms with van der Waals surface area (Å²) < 4.78 is 28.4. The minimum atomic E-state index is -0.342. The van der Waals surface area contributed by atoms with Gasteiger partial charge in [-0.05, 0) is 69.5 Å². The van der Waals surface area contributed by atoms with E-state index in [4.69, 9.17) is 9.97 Å². The van der Waals surface area contributed by atoms with Gasteiger partial charge in [0.1, 0.15) is 34.9 Å². The van der Waals surface area contributed by atoms with Crippen LogP contribution >= 0.6 is 22.7 Å². The number of imidazole rings is 1. The van der Waals surface area contributed by atoms with Crippen LogP contribution in [-0.4, -0.2) is 101 Å². The third-order valence-corrected chi connectivity index (χ3v) is 11.0. The Morgan fingerprint density at radius 3 is 2.42 bits per heavy atom. The highest BCUT2D eigenvalue weighted by atomic mass is 32.1. The van der Waals surface area contributed by atoms with Crippen molar-refractivity contribution in [1.29, 1.82) is 5.26 Å². The van der Waals surface area contributed by atoms with Crippen LogP contribution in [0.1, 0.15) is 48.1 Å². The van der Waals surface area contributed by atoms with Crippen molar-refractivity contribution in [3.8, 4) is 17.3 Å². The summed E-state index contributed by atoms with van der Waals surface area (Å²) in [5, 5.41) is 10.6. The number of thiazole rings is 2. The molecule has 2 aliphatic heterocycles. The second kappa shape index (κ2) is 13.9. The van der Waals surface area contributed by atoms with Gasteiger partial charge in [0.25, 0.3) is 0 Å². The van der Waals surface area contributed by atoms with Crippen molar-refractivity contribution in [2.24, 2.45) is 0 Å². The predicted molar refractivity (Wildman–Crippen MR) is 175 cm³/mol. The van der Waals surface area contributed by atoms with Crippen LogP contribution < -0.4 is 4.90 Å². The van der Waals surface area contributed by atoms with Gasteiger partial charge >= 0.3 is 0 Å². The minimum Gasteiger partial charge on any atom is -0.339 e. The van der Waals surface area contributed by atoms with Crippen molar-refractivity contribution in [3.05, 3.63) is 51.7 Å². The number of aromatic nitrogens is 3. The number of benzene rings is 1. The van der Waals surface area contributed by atoms with Crippen LogP contribution in [0.15, 0.2) is 30.5 Å². The molecule has 3 aromatic heterocycles. The van der Waals surface area contributed by atoms with Crippen LogP contribution in [0, 0.1) is 17.1 Å². The lowest BCUT2D eigenvalue weighted by atomic mass is 9.96. The number of rotatable bonds is 10. The lowest BCUT2D eigenvalue weighted by molar-refractivity contribution is -0.134. The van der Waals surface area contributed by atoms with E-state index in [1.54, 1.807) is 23.5 Å². The van der Waals surface area contributed by atoms with Crippen LogP contribution in [0.2, 0.25) is 0 Å². The molecule has 0 atom stereocenters. The van der Waals surface area contributed by atoms with Gasteiger partial charge < -0.3 is 9.80 Å². The molecule has 1 amide bonds. The van der Waals surface area contributed by atoms with Crippen molar-refractivity contribution < 1.29 is 13.6 Å². The number of carbonyl (C=O) groups is 1. The van der Waals surface area contributed by atoms with Crippen LogP contribution in [0.3, 0.4) is 0 Å². The van der Waals surface area contributed by atoms with E-state index in [1.165, 1.54) is 28.3 Å². The van der Waals surface area contributed by atoms with Gasteiger partial charge in [-0.15, -0.1) is 11.3 Å². The lowest BCUT2D eigenvalue weighted by Crippen LogP contribution is -2.52. The Labute approximate surface area is 270 Å². The number of piperidine rings is 1. The fraction of sp³-hybridized carbons (Fsp3) is 0.500. The Morgan fingerprint density at radius 2 is 1.78 bits per heavy atom. The zero-order chi connectivity index (χ0) is 31.5. The van der Waals surface area contributed by atoms with Gasteiger partial charge in [-0.1, -0.05) is 18.3 Å². The molecule has 0 N–H and O–H groups in total. The van der Waals surface area contributed by atoms with Crippen molar-refractivity contribution in [3.63, 3.8) is 0 Å². The molecule has 2 fully saturated rings. The Morgan fingerprint density at radius 1 is 1.04 bits per heavy atom. The monoisotopic (exact) mass is 652 g/mol. The quantitative estimate of drug-likeness (QED) is 0.222. The lowest BCUT2D eigenvalue weighted by Gasteiger charge is -2.36. The zero-order valence-electron chi connectivity index (χ0n) is 25.7. The largest absolute Gasteiger partial charge is 0.339 e. The van der Waals surface area contributed by atoms with Gasteiger partial charge in [-0.2, -0.15) is 5.26 Å². The topological polar surface area (TPSA) is 84.0 Å². The van der Waals surface area contributed by atoms with E-state index < -0.39 is 0 Å². The van der Waals surface area contributed by atoms with Crippen LogP contribution in [0.5, 0.6) is 0 Å². The molecule has 6 rings (SSSR count). The Balaban J connectivity index is 1.16. The smallest absolute Gasteiger partial charge is 0.236 e. The van der Waals surface area contributed by atoms with Crippen molar-refractivity contribution in [1.82, 2.24) is 29.1 Å². The van der Waals surface area contributed by atoms with Crippen molar-refractivity contribution >= 4 is 44.5 Å². The van der Waals surface area contributed by atoms with Gasteiger partial charge in [0.2, 0.25) is 5.91 Å². The molecule has 0 aliphatic carbocycles. The third-order valence-electron chi connectivity index (χ3n) is 8.84. The van der Waals surface area contributed by atoms with Crippen LogP contribution in [-0.2, 0) is 11.2 Å². The molecule has 238 valence electrons. The summed E-state index contributed by atoms with van der Waals surface area (Å²) in [7, 11) is 0. The standard InChI is InChI=1S/C32H38F2N8OS2/c1-3-25-30(41(4-2)32-37-29(26(19-35)44-32)23-5-7-24(34)8-6-23)42-20-27(45-31(42)36-25)22-9-12-39(13-10-22)21-28(43)40-17-15-38(14-11-33)16-18-40/h5-8,20,22H,3-4,9-18,21H2,1-2H3. The summed E-state index contributed by atoms with van der Waals surface area (Å²) in [5.41, 5.74) is 2.25. The Bertz CT molecular complexity index is 1660. The molecular weight excluding hydrogens is 615 g/mol. The second-order valence-electron chi connectivity index (χ2n) is 11.5. The minimum absolute atomic E-state index is 0.170. The third kappa shape index (κ3) is 6.60. The number of hydrogen-bond acceptors (Lipinski definition) is 9. The number of likely N-dealkylation sites (tertiary alicyclic amines) is 1. The van der Waals surface area contributed by atoms with E-state index >= 15 is 0 Å². The van der Waals surface area contributed by atoms with E-state index in [0.717, 1.165) is 61.9 Å². The summed E-state index contributed by atoms with van der Waals surface area (Å²) in [6.07, 6.45) is 4.93. The second-order valence-corrected chi connectivity index (χ2v) is 13.5. The first-order valence-electron chi connectivity index (χ1n) is 15.7. The fourth-order valence-electron chi connectivity index (χ4n) is 6.29. The molecule has 13 heteroatoms. The summed E-state index contributed by atoms with van der Waals surface area (Å²) in [6.45, 7) is 9.93. The highest BCUT2D eigenvalue weighted by Gasteiger charge is 2.29. The van der Waals surface area contributed by atoms with Crippen LogP contribution in [0.25, 0.3) is 16.2 Å². The maximum atomic E-state index is 13.6. The molecule has 9 nitrogen and oxygen atoms in total. The maximum absolute atomic E-state index is 13.6. The number of carbonyl (C=O) groups excluding carboxylic acids is 1. The first-order valence-corrected chi connectivity index (χ1v) is 17.3. The molecule has 0 spiro atoms. The molecule has 1 aromatic carbocycles. The van der Waals surface area contributed by atoms with E-state index in [2.05, 4.69) is 45.2 Å². The highest BCUT2D eigenvalue weighted by molar-refractivity contribution is 7.17. The summed E-state index contributed by atoms with van der Waals surface area (Å²) >= 11 is 3.06.